The summed E-state index contributed by atoms with van der Waals surface area (Å²) < 4.78 is 17.7. The molecule has 0 saturated heterocycles. The Labute approximate surface area is 359 Å². The zero-order chi connectivity index (χ0) is 42.7. The molecule has 6 rings (SSSR count). The highest BCUT2D eigenvalue weighted by molar-refractivity contribution is 7.79. The highest BCUT2D eigenvalue weighted by Crippen LogP contribution is 2.35. The lowest BCUT2D eigenvalue weighted by atomic mass is 9.93. The van der Waals surface area contributed by atoms with Crippen molar-refractivity contribution >= 4 is 24.0 Å². The quantitative estimate of drug-likeness (QED) is 0.0823. The van der Waals surface area contributed by atoms with Crippen molar-refractivity contribution in [2.45, 2.75) is 131 Å². The minimum absolute atomic E-state index is 0.362. The van der Waals surface area contributed by atoms with Crippen molar-refractivity contribution in [3.8, 4) is 11.5 Å². The van der Waals surface area contributed by atoms with Crippen molar-refractivity contribution in [2.24, 2.45) is 11.8 Å². The van der Waals surface area contributed by atoms with Gasteiger partial charge in [0.1, 0.15) is 39.7 Å². The summed E-state index contributed by atoms with van der Waals surface area (Å²) in [5.41, 5.74) is 3.96. The molecule has 59 heavy (non-hydrogen) atoms. The van der Waals surface area contributed by atoms with E-state index in [2.05, 4.69) is 81.4 Å². The lowest BCUT2D eigenvalue weighted by Gasteiger charge is -2.30. The van der Waals surface area contributed by atoms with Crippen LogP contribution in [0.5, 0.6) is 11.5 Å². The van der Waals surface area contributed by atoms with Crippen molar-refractivity contribution in [1.29, 1.82) is 0 Å². The van der Waals surface area contributed by atoms with Crippen LogP contribution in [0.15, 0.2) is 79.5 Å². The van der Waals surface area contributed by atoms with E-state index in [0.29, 0.717) is 65.9 Å². The number of ether oxygens (including phenoxy) is 2. The smallest absolute Gasteiger partial charge is 0.145 e. The van der Waals surface area contributed by atoms with Gasteiger partial charge in [-0.15, -0.1) is 11.3 Å². The summed E-state index contributed by atoms with van der Waals surface area (Å²) in [6.07, 6.45) is 11.8. The molecular weight excluding hydrogens is 775 g/mol. The maximum Gasteiger partial charge on any atom is 0.145 e. The van der Waals surface area contributed by atoms with Crippen LogP contribution in [0, 0.1) is 11.8 Å². The van der Waals surface area contributed by atoms with E-state index in [-0.39, 0.29) is 0 Å². The lowest BCUT2D eigenvalue weighted by Crippen LogP contribution is -2.30. The third-order valence-corrected chi connectivity index (χ3v) is 12.0. The summed E-state index contributed by atoms with van der Waals surface area (Å²) in [6.45, 7) is 23.5. The Kier molecular flexibility index (Phi) is 13.4. The summed E-state index contributed by atoms with van der Waals surface area (Å²) >= 11 is 6.26. The topological polar surface area (TPSA) is 113 Å². The number of hydrogen-bond donors (Lipinski definition) is 2. The Balaban J connectivity index is 1.30. The number of nitrogens with zero attached hydrogens (tertiary/aromatic N) is 7. The normalized spacial score (nSPS) is 13.1. The van der Waals surface area contributed by atoms with Crippen molar-refractivity contribution in [2.75, 3.05) is 0 Å². The van der Waals surface area contributed by atoms with Gasteiger partial charge in [-0.2, -0.15) is 17.7 Å². The van der Waals surface area contributed by atoms with Crippen molar-refractivity contribution in [3.63, 3.8) is 0 Å². The number of aromatic nitrogens is 7. The molecule has 1 unspecified atom stereocenters. The molecular formula is C47H61N7O3S2. The second kappa shape index (κ2) is 18.0. The largest absolute Gasteiger partial charge is 0.480 e. The van der Waals surface area contributed by atoms with E-state index in [1.807, 2.05) is 87.4 Å². The molecule has 0 radical (unpaired) electrons. The second-order valence-electron chi connectivity index (χ2n) is 17.9. The second-order valence-corrected chi connectivity index (χ2v) is 19.4. The van der Waals surface area contributed by atoms with Gasteiger partial charge in [-0.1, -0.05) is 40.7 Å². The standard InChI is InChI=1S/C47H61N7O3S2/c1-30(2)21-36-24-48-44(59-36)22-35-13-12-14-42(50-35)46(8,9)56-39-16-18-43(52-37(39)27-53-20-19-33(25-53)29-58)47(10,11)57-40-15-17-41(45(6,7)55)51-38(40)28-54-26-34(23-49-54)32(5)31(3)4/h12-20,23-26,30-32,55,58H,21-22,27-29H2,1-11H3. The van der Waals surface area contributed by atoms with E-state index >= 15 is 0 Å². The number of hydrogen-bond acceptors (Lipinski definition) is 10. The summed E-state index contributed by atoms with van der Waals surface area (Å²) in [6, 6.07) is 15.8. The summed E-state index contributed by atoms with van der Waals surface area (Å²) in [5.74, 6) is 3.32. The first-order valence-electron chi connectivity index (χ1n) is 20.6. The van der Waals surface area contributed by atoms with Gasteiger partial charge in [-0.3, -0.25) is 9.67 Å². The molecule has 0 aromatic carbocycles. The van der Waals surface area contributed by atoms with Crippen LogP contribution in [-0.2, 0) is 48.5 Å². The number of thiazole rings is 1. The molecule has 10 nitrogen and oxygen atoms in total. The highest BCUT2D eigenvalue weighted by atomic mass is 32.1. The van der Waals surface area contributed by atoms with Gasteiger partial charge < -0.3 is 19.1 Å². The van der Waals surface area contributed by atoms with Crippen LogP contribution in [0.2, 0.25) is 0 Å². The Morgan fingerprint density at radius 3 is 2.03 bits per heavy atom. The van der Waals surface area contributed by atoms with Gasteiger partial charge in [0.15, 0.2) is 0 Å². The first kappa shape index (κ1) is 44.0. The molecule has 1 atom stereocenters. The molecule has 6 aromatic rings. The van der Waals surface area contributed by atoms with Gasteiger partial charge in [0, 0.05) is 47.5 Å². The third kappa shape index (κ3) is 11.2. The molecule has 1 N–H and O–H groups in total. The predicted molar refractivity (Wildman–Crippen MR) is 240 cm³/mol. The van der Waals surface area contributed by atoms with Gasteiger partial charge in [0.25, 0.3) is 0 Å². The summed E-state index contributed by atoms with van der Waals surface area (Å²) in [4.78, 5) is 21.2. The number of rotatable bonds is 18. The fourth-order valence-electron chi connectivity index (χ4n) is 6.81. The molecule has 6 heterocycles. The molecule has 0 amide bonds. The van der Waals surface area contributed by atoms with E-state index in [4.69, 9.17) is 29.4 Å². The van der Waals surface area contributed by atoms with Crippen LogP contribution in [0.25, 0.3) is 0 Å². The van der Waals surface area contributed by atoms with E-state index in [1.165, 1.54) is 10.4 Å². The minimum atomic E-state index is -1.13. The number of pyridine rings is 3. The Hall–Kier alpha value is -4.52. The van der Waals surface area contributed by atoms with Crippen molar-refractivity contribution < 1.29 is 14.6 Å². The van der Waals surface area contributed by atoms with Crippen LogP contribution in [-0.4, -0.2) is 39.4 Å². The maximum absolute atomic E-state index is 10.9. The Morgan fingerprint density at radius 2 is 1.41 bits per heavy atom. The van der Waals surface area contributed by atoms with Crippen molar-refractivity contribution in [3.05, 3.63) is 135 Å². The highest BCUT2D eigenvalue weighted by Gasteiger charge is 2.31. The average Bonchev–Trinajstić information content (AvgIpc) is 3.94. The van der Waals surface area contributed by atoms with E-state index in [0.717, 1.165) is 39.8 Å². The van der Waals surface area contributed by atoms with Crippen LogP contribution in [0.1, 0.15) is 137 Å². The molecule has 0 aliphatic rings. The lowest BCUT2D eigenvalue weighted by molar-refractivity contribution is 0.0724. The van der Waals surface area contributed by atoms with Gasteiger partial charge >= 0.3 is 0 Å². The summed E-state index contributed by atoms with van der Waals surface area (Å²) in [5, 5.41) is 16.6. The van der Waals surface area contributed by atoms with Gasteiger partial charge in [0.05, 0.1) is 41.4 Å². The molecule has 0 spiro atoms. The van der Waals surface area contributed by atoms with E-state index < -0.39 is 16.8 Å². The average molecular weight is 836 g/mol. The van der Waals surface area contributed by atoms with Crippen LogP contribution in [0.3, 0.4) is 0 Å². The molecule has 0 fully saturated rings. The van der Waals surface area contributed by atoms with Crippen molar-refractivity contribution in [1.82, 2.24) is 34.3 Å². The fourth-order valence-corrected chi connectivity index (χ4v) is 8.15. The first-order valence-corrected chi connectivity index (χ1v) is 22.0. The van der Waals surface area contributed by atoms with Gasteiger partial charge in [-0.25, -0.2) is 15.0 Å². The maximum atomic E-state index is 10.9. The molecule has 0 aliphatic heterocycles. The Morgan fingerprint density at radius 1 is 0.763 bits per heavy atom. The zero-order valence-electron chi connectivity index (χ0n) is 36.5. The van der Waals surface area contributed by atoms with Crippen LogP contribution in [0.4, 0.5) is 0 Å². The van der Waals surface area contributed by atoms with Gasteiger partial charge in [0.2, 0.25) is 0 Å². The third-order valence-electron chi connectivity index (χ3n) is 10.6. The van der Waals surface area contributed by atoms with Crippen LogP contribution >= 0.6 is 24.0 Å². The first-order chi connectivity index (χ1) is 27.8. The monoisotopic (exact) mass is 835 g/mol. The molecule has 314 valence electrons. The molecule has 0 saturated carbocycles. The SMILES string of the molecule is CC(C)Cc1cnc(Cc2cccc(C(C)(C)Oc3ccc(C(C)(C)Oc4ccc(C(C)(C)O)nc4Cn4cc(C(C)C(C)C)cn4)nc3Cn3ccc(CS)c3)n2)s1. The van der Waals surface area contributed by atoms with Crippen LogP contribution < -0.4 is 9.47 Å². The predicted octanol–water partition coefficient (Wildman–Crippen LogP) is 10.3. The number of aliphatic hydroxyl groups is 1. The fraction of sp³-hybridized carbons (Fsp3) is 0.468. The molecule has 12 heteroatoms. The number of thiol groups is 1. The minimum Gasteiger partial charge on any atom is -0.480 e. The summed E-state index contributed by atoms with van der Waals surface area (Å²) in [7, 11) is 0. The molecule has 0 aliphatic carbocycles. The Bertz CT molecular complexity index is 2330. The van der Waals surface area contributed by atoms with Gasteiger partial charge in [-0.05, 0) is 119 Å². The molecule has 6 aromatic heterocycles. The molecule has 0 bridgehead atoms. The van der Waals surface area contributed by atoms with E-state index in [9.17, 15) is 5.11 Å². The van der Waals surface area contributed by atoms with E-state index in [1.54, 1.807) is 25.2 Å². The zero-order valence-corrected chi connectivity index (χ0v) is 38.2.